The Morgan fingerprint density at radius 2 is 2.17 bits per heavy atom. The molecule has 0 radical (unpaired) electrons. The van der Waals surface area contributed by atoms with Crippen LogP contribution in [0.2, 0.25) is 0 Å². The van der Waals surface area contributed by atoms with E-state index in [1.165, 1.54) is 6.07 Å². The second kappa shape index (κ2) is 5.49. The van der Waals surface area contributed by atoms with Crippen LogP contribution in [0, 0.1) is 12.7 Å². The van der Waals surface area contributed by atoms with Crippen molar-refractivity contribution < 1.29 is 4.39 Å². The lowest BCUT2D eigenvalue weighted by atomic mass is 10.1. The number of nitrogens with zero attached hydrogens (tertiary/aromatic N) is 1. The Bertz CT molecular complexity index is 540. The summed E-state index contributed by atoms with van der Waals surface area (Å²) in [4.78, 5) is 4.00. The van der Waals surface area contributed by atoms with Gasteiger partial charge in [-0.25, -0.2) is 9.37 Å². The van der Waals surface area contributed by atoms with Gasteiger partial charge >= 0.3 is 0 Å². The highest BCUT2D eigenvalue weighted by molar-refractivity contribution is 5.60. The number of nitrogens with one attached hydrogen (secondary N) is 1. The highest BCUT2D eigenvalue weighted by Gasteiger charge is 2.01. The van der Waals surface area contributed by atoms with Crippen LogP contribution in [0.25, 0.3) is 0 Å². The SMILES string of the molecule is Cc1cc(F)ccc1CCNc1cccnc1N. The standard InChI is InChI=1S/C14H16FN3/c1-10-9-12(15)5-4-11(10)6-8-17-13-3-2-7-18-14(13)16/h2-5,7,9,17H,6,8H2,1H3,(H2,16,18). The van der Waals surface area contributed by atoms with E-state index in [-0.39, 0.29) is 5.82 Å². The molecular weight excluding hydrogens is 229 g/mol. The van der Waals surface area contributed by atoms with Gasteiger partial charge in [0.15, 0.2) is 0 Å². The molecule has 0 fully saturated rings. The Morgan fingerprint density at radius 1 is 1.33 bits per heavy atom. The van der Waals surface area contributed by atoms with Crippen LogP contribution in [0.5, 0.6) is 0 Å². The highest BCUT2D eigenvalue weighted by atomic mass is 19.1. The summed E-state index contributed by atoms with van der Waals surface area (Å²) < 4.78 is 12.9. The average molecular weight is 245 g/mol. The smallest absolute Gasteiger partial charge is 0.146 e. The Balaban J connectivity index is 1.95. The molecule has 2 rings (SSSR count). The minimum Gasteiger partial charge on any atom is -0.382 e. The Labute approximate surface area is 106 Å². The molecule has 3 nitrogen and oxygen atoms in total. The molecule has 0 amide bonds. The number of nitrogens with two attached hydrogens (primary N) is 1. The van der Waals surface area contributed by atoms with Crippen molar-refractivity contribution in [2.24, 2.45) is 0 Å². The number of aryl methyl sites for hydroxylation is 1. The second-order valence-corrected chi connectivity index (χ2v) is 4.18. The van der Waals surface area contributed by atoms with E-state index in [9.17, 15) is 4.39 Å². The molecular formula is C14H16FN3. The summed E-state index contributed by atoms with van der Waals surface area (Å²) in [6.07, 6.45) is 2.48. The molecule has 0 aliphatic rings. The van der Waals surface area contributed by atoms with Gasteiger partial charge in [0.1, 0.15) is 11.6 Å². The zero-order chi connectivity index (χ0) is 13.0. The lowest BCUT2D eigenvalue weighted by molar-refractivity contribution is 0.625. The summed E-state index contributed by atoms with van der Waals surface area (Å²) in [7, 11) is 0. The fourth-order valence-corrected chi connectivity index (χ4v) is 1.84. The minimum atomic E-state index is -0.194. The lowest BCUT2D eigenvalue weighted by Crippen LogP contribution is -2.08. The first-order valence-corrected chi connectivity index (χ1v) is 5.86. The van der Waals surface area contributed by atoms with Gasteiger partial charge in [-0.2, -0.15) is 0 Å². The Kier molecular flexibility index (Phi) is 3.77. The molecule has 2 aromatic rings. The predicted molar refractivity (Wildman–Crippen MR) is 72.0 cm³/mol. The highest BCUT2D eigenvalue weighted by Crippen LogP contribution is 2.15. The van der Waals surface area contributed by atoms with Crippen LogP contribution in [0.1, 0.15) is 11.1 Å². The largest absolute Gasteiger partial charge is 0.382 e. The van der Waals surface area contributed by atoms with Gasteiger partial charge in [0.25, 0.3) is 0 Å². The number of halogens is 1. The van der Waals surface area contributed by atoms with Gasteiger partial charge in [-0.1, -0.05) is 6.07 Å². The second-order valence-electron chi connectivity index (χ2n) is 4.18. The number of anilines is 2. The first-order valence-electron chi connectivity index (χ1n) is 5.86. The fourth-order valence-electron chi connectivity index (χ4n) is 1.84. The first-order chi connectivity index (χ1) is 8.66. The van der Waals surface area contributed by atoms with Crippen LogP contribution in [0.4, 0.5) is 15.9 Å². The molecule has 0 saturated heterocycles. The van der Waals surface area contributed by atoms with Crippen molar-refractivity contribution in [1.29, 1.82) is 0 Å². The molecule has 18 heavy (non-hydrogen) atoms. The van der Waals surface area contributed by atoms with Crippen molar-refractivity contribution >= 4 is 11.5 Å². The van der Waals surface area contributed by atoms with Gasteiger partial charge in [-0.15, -0.1) is 0 Å². The molecule has 0 unspecified atom stereocenters. The van der Waals surface area contributed by atoms with Crippen LogP contribution in [-0.4, -0.2) is 11.5 Å². The molecule has 1 heterocycles. The third kappa shape index (κ3) is 2.97. The molecule has 1 aromatic carbocycles. The maximum atomic E-state index is 12.9. The number of hydrogen-bond donors (Lipinski definition) is 2. The molecule has 0 aliphatic heterocycles. The molecule has 0 bridgehead atoms. The quantitative estimate of drug-likeness (QED) is 0.870. The topological polar surface area (TPSA) is 50.9 Å². The van der Waals surface area contributed by atoms with E-state index in [1.54, 1.807) is 12.3 Å². The first kappa shape index (κ1) is 12.4. The summed E-state index contributed by atoms with van der Waals surface area (Å²) in [5.41, 5.74) is 8.66. The van der Waals surface area contributed by atoms with Gasteiger partial charge in [0.2, 0.25) is 0 Å². The summed E-state index contributed by atoms with van der Waals surface area (Å²) in [6.45, 7) is 2.65. The van der Waals surface area contributed by atoms with E-state index in [2.05, 4.69) is 10.3 Å². The number of benzene rings is 1. The Hall–Kier alpha value is -2.10. The van der Waals surface area contributed by atoms with Crippen LogP contribution in [0.15, 0.2) is 36.5 Å². The zero-order valence-corrected chi connectivity index (χ0v) is 10.3. The summed E-state index contributed by atoms with van der Waals surface area (Å²) in [5, 5.41) is 3.22. The minimum absolute atomic E-state index is 0.194. The molecule has 0 spiro atoms. The van der Waals surface area contributed by atoms with Crippen molar-refractivity contribution in [2.45, 2.75) is 13.3 Å². The van der Waals surface area contributed by atoms with E-state index in [0.717, 1.165) is 29.8 Å². The van der Waals surface area contributed by atoms with E-state index in [1.807, 2.05) is 25.1 Å². The summed E-state index contributed by atoms with van der Waals surface area (Å²) >= 11 is 0. The Morgan fingerprint density at radius 3 is 2.89 bits per heavy atom. The average Bonchev–Trinajstić information content (AvgIpc) is 2.34. The van der Waals surface area contributed by atoms with Gasteiger partial charge in [-0.05, 0) is 48.7 Å². The number of nitrogen functional groups attached to an aromatic ring is 1. The number of hydrogen-bond acceptors (Lipinski definition) is 3. The third-order valence-electron chi connectivity index (χ3n) is 2.85. The van der Waals surface area contributed by atoms with E-state index in [4.69, 9.17) is 5.73 Å². The normalized spacial score (nSPS) is 10.3. The molecule has 94 valence electrons. The molecule has 4 heteroatoms. The van der Waals surface area contributed by atoms with E-state index in [0.29, 0.717) is 5.82 Å². The molecule has 0 aliphatic carbocycles. The van der Waals surface area contributed by atoms with Crippen LogP contribution in [0.3, 0.4) is 0 Å². The van der Waals surface area contributed by atoms with E-state index >= 15 is 0 Å². The van der Waals surface area contributed by atoms with Crippen LogP contribution >= 0.6 is 0 Å². The number of aromatic nitrogens is 1. The number of pyridine rings is 1. The van der Waals surface area contributed by atoms with Crippen molar-refractivity contribution in [2.75, 3.05) is 17.6 Å². The van der Waals surface area contributed by atoms with Crippen molar-refractivity contribution in [1.82, 2.24) is 4.98 Å². The molecule has 0 atom stereocenters. The van der Waals surface area contributed by atoms with Gasteiger partial charge < -0.3 is 11.1 Å². The molecule has 3 N–H and O–H groups in total. The zero-order valence-electron chi connectivity index (χ0n) is 10.3. The third-order valence-corrected chi connectivity index (χ3v) is 2.85. The number of rotatable bonds is 4. The molecule has 1 aromatic heterocycles. The van der Waals surface area contributed by atoms with Crippen molar-refractivity contribution in [3.05, 3.63) is 53.5 Å². The van der Waals surface area contributed by atoms with E-state index < -0.39 is 0 Å². The van der Waals surface area contributed by atoms with Crippen LogP contribution < -0.4 is 11.1 Å². The van der Waals surface area contributed by atoms with Gasteiger partial charge in [0, 0.05) is 12.7 Å². The van der Waals surface area contributed by atoms with Crippen molar-refractivity contribution in [3.63, 3.8) is 0 Å². The maximum absolute atomic E-state index is 12.9. The monoisotopic (exact) mass is 245 g/mol. The summed E-state index contributed by atoms with van der Waals surface area (Å²) in [6, 6.07) is 8.58. The fraction of sp³-hybridized carbons (Fsp3) is 0.214. The lowest BCUT2D eigenvalue weighted by Gasteiger charge is -2.09. The van der Waals surface area contributed by atoms with Crippen LogP contribution in [-0.2, 0) is 6.42 Å². The van der Waals surface area contributed by atoms with Crippen molar-refractivity contribution in [3.8, 4) is 0 Å². The van der Waals surface area contributed by atoms with Gasteiger partial charge in [0.05, 0.1) is 5.69 Å². The van der Waals surface area contributed by atoms with Gasteiger partial charge in [-0.3, -0.25) is 0 Å². The molecule has 0 saturated carbocycles. The maximum Gasteiger partial charge on any atom is 0.146 e. The summed E-state index contributed by atoms with van der Waals surface area (Å²) in [5.74, 6) is 0.300. The predicted octanol–water partition coefficient (Wildman–Crippen LogP) is 2.77.